The molecule has 6 nitrogen and oxygen atoms in total. The molecule has 1 heterocycles. The Balaban J connectivity index is 2.30. The second-order valence-electron chi connectivity index (χ2n) is 6.65. The zero-order valence-electron chi connectivity index (χ0n) is 17.0. The molecule has 1 aromatic heterocycles. The molecule has 1 amide bonds. The van der Waals surface area contributed by atoms with Crippen molar-refractivity contribution < 1.29 is 13.9 Å². The molecule has 0 unspecified atom stereocenters. The van der Waals surface area contributed by atoms with Crippen LogP contribution in [0.5, 0.6) is 0 Å². The molecule has 3 aromatic rings. The number of benzene rings is 2. The smallest absolute Gasteiger partial charge is 0.273 e. The van der Waals surface area contributed by atoms with Crippen LogP contribution in [0, 0.1) is 24.1 Å². The zero-order chi connectivity index (χ0) is 22.4. The summed E-state index contributed by atoms with van der Waals surface area (Å²) in [6, 6.07) is 15.1. The number of aryl methyl sites for hydroxylation is 1. The first-order chi connectivity index (χ1) is 15.0. The van der Waals surface area contributed by atoms with Gasteiger partial charge in [0.1, 0.15) is 16.5 Å². The molecule has 0 aliphatic carbocycles. The molecule has 31 heavy (non-hydrogen) atoms. The van der Waals surface area contributed by atoms with Gasteiger partial charge < -0.3 is 10.1 Å². The highest BCUT2D eigenvalue weighted by Gasteiger charge is 2.18. The van der Waals surface area contributed by atoms with Gasteiger partial charge >= 0.3 is 0 Å². The van der Waals surface area contributed by atoms with Gasteiger partial charge in [-0.25, -0.2) is 4.39 Å². The van der Waals surface area contributed by atoms with Crippen LogP contribution in [-0.2, 0) is 9.53 Å². The van der Waals surface area contributed by atoms with E-state index in [0.717, 1.165) is 27.0 Å². The molecule has 3 rings (SSSR count). The number of carbonyl (C=O) groups is 1. The third kappa shape index (κ3) is 4.97. The maximum absolute atomic E-state index is 14.6. The molecule has 0 saturated carbocycles. The standard InChI is InChI=1S/C23H20FN3O3S/c1-15-7-9-16(10-8-15)13-20-22(29)27(19-6-4-3-5-18(19)24)23(31-20)17(14-25)21(28)26-11-12-30-2/h3-10,13H,11-12H2,1-2H3,(H,26,28)/b20-13-,23-17-. The monoisotopic (exact) mass is 437 g/mol. The van der Waals surface area contributed by atoms with Crippen LogP contribution in [0.1, 0.15) is 11.1 Å². The third-order valence-corrected chi connectivity index (χ3v) is 5.53. The Labute approximate surface area is 182 Å². The lowest BCUT2D eigenvalue weighted by atomic mass is 10.1. The number of hydrogen-bond acceptors (Lipinski definition) is 5. The molecular formula is C23H20FN3O3S. The van der Waals surface area contributed by atoms with E-state index in [-0.39, 0.29) is 33.6 Å². The second-order valence-corrected chi connectivity index (χ2v) is 7.68. The van der Waals surface area contributed by atoms with E-state index in [1.54, 1.807) is 12.1 Å². The summed E-state index contributed by atoms with van der Waals surface area (Å²) in [5.74, 6) is -1.30. The molecule has 0 bridgehead atoms. The van der Waals surface area contributed by atoms with Crippen molar-refractivity contribution in [1.29, 1.82) is 5.26 Å². The lowest BCUT2D eigenvalue weighted by molar-refractivity contribution is -0.115. The van der Waals surface area contributed by atoms with Crippen molar-refractivity contribution in [1.82, 2.24) is 9.88 Å². The first-order valence-electron chi connectivity index (χ1n) is 9.43. The molecule has 0 radical (unpaired) electrons. The molecule has 0 aliphatic rings. The zero-order valence-corrected chi connectivity index (χ0v) is 17.8. The number of nitriles is 1. The lowest BCUT2D eigenvalue weighted by Gasteiger charge is -2.06. The van der Waals surface area contributed by atoms with Gasteiger partial charge in [-0.15, -0.1) is 11.3 Å². The molecule has 0 saturated heterocycles. The van der Waals surface area contributed by atoms with Gasteiger partial charge in [0.05, 0.1) is 16.8 Å². The summed E-state index contributed by atoms with van der Waals surface area (Å²) in [7, 11) is 1.49. The van der Waals surface area contributed by atoms with Crippen LogP contribution in [0.15, 0.2) is 53.3 Å². The van der Waals surface area contributed by atoms with Gasteiger partial charge in [0.25, 0.3) is 11.5 Å². The fourth-order valence-electron chi connectivity index (χ4n) is 2.87. The van der Waals surface area contributed by atoms with Gasteiger partial charge in [-0.05, 0) is 30.7 Å². The minimum atomic E-state index is -0.659. The van der Waals surface area contributed by atoms with E-state index in [2.05, 4.69) is 5.32 Å². The van der Waals surface area contributed by atoms with E-state index in [9.17, 15) is 19.2 Å². The molecule has 1 N–H and O–H groups in total. The highest BCUT2D eigenvalue weighted by Crippen LogP contribution is 2.10. The molecule has 0 atom stereocenters. The summed E-state index contributed by atoms with van der Waals surface area (Å²) in [5.41, 5.74) is 1.03. The topological polar surface area (TPSA) is 84.1 Å². The molecule has 0 fully saturated rings. The molecule has 0 spiro atoms. The van der Waals surface area contributed by atoms with Crippen LogP contribution in [-0.4, -0.2) is 30.7 Å². The molecule has 0 aliphatic heterocycles. The summed E-state index contributed by atoms with van der Waals surface area (Å²) < 4.78 is 20.9. The average molecular weight is 437 g/mol. The first-order valence-corrected chi connectivity index (χ1v) is 10.2. The van der Waals surface area contributed by atoms with Gasteiger partial charge in [-0.2, -0.15) is 5.26 Å². The van der Waals surface area contributed by atoms with E-state index >= 15 is 0 Å². The maximum Gasteiger partial charge on any atom is 0.273 e. The quantitative estimate of drug-likeness (QED) is 0.594. The van der Waals surface area contributed by atoms with Crippen molar-refractivity contribution in [2.75, 3.05) is 20.3 Å². The Morgan fingerprint density at radius 1 is 1.26 bits per heavy atom. The van der Waals surface area contributed by atoms with Crippen LogP contribution in [0.4, 0.5) is 4.39 Å². The van der Waals surface area contributed by atoms with Crippen LogP contribution in [0.3, 0.4) is 0 Å². The van der Waals surface area contributed by atoms with Crippen molar-refractivity contribution in [2.45, 2.75) is 6.92 Å². The number of halogens is 1. The minimum absolute atomic E-state index is 0.0280. The van der Waals surface area contributed by atoms with E-state index < -0.39 is 17.3 Å². The number of amides is 1. The van der Waals surface area contributed by atoms with Crippen molar-refractivity contribution in [3.8, 4) is 11.8 Å². The molecule has 158 valence electrons. The average Bonchev–Trinajstić information content (AvgIpc) is 3.06. The fraction of sp³-hybridized carbons (Fsp3) is 0.174. The Morgan fingerprint density at radius 3 is 2.61 bits per heavy atom. The Kier molecular flexibility index (Phi) is 7.13. The number of hydrogen-bond donors (Lipinski definition) is 1. The fourth-order valence-corrected chi connectivity index (χ4v) is 3.96. The Hall–Kier alpha value is -3.54. The maximum atomic E-state index is 14.6. The highest BCUT2D eigenvalue weighted by atomic mass is 32.1. The Bertz CT molecular complexity index is 1320. The summed E-state index contributed by atoms with van der Waals surface area (Å²) in [5, 5.41) is 12.3. The van der Waals surface area contributed by atoms with Gasteiger partial charge in [-0.3, -0.25) is 14.2 Å². The predicted molar refractivity (Wildman–Crippen MR) is 118 cm³/mol. The van der Waals surface area contributed by atoms with Gasteiger partial charge in [-0.1, -0.05) is 42.0 Å². The first kappa shape index (κ1) is 22.2. The predicted octanol–water partition coefficient (Wildman–Crippen LogP) is 1.61. The van der Waals surface area contributed by atoms with Crippen LogP contribution in [0.25, 0.3) is 17.3 Å². The third-order valence-electron chi connectivity index (χ3n) is 4.44. The number of nitrogens with zero attached hydrogens (tertiary/aromatic N) is 2. The number of para-hydroxylation sites is 1. The minimum Gasteiger partial charge on any atom is -0.383 e. The molecule has 2 aromatic carbocycles. The highest BCUT2D eigenvalue weighted by molar-refractivity contribution is 7.07. The second kappa shape index (κ2) is 9.98. The van der Waals surface area contributed by atoms with Crippen molar-refractivity contribution in [2.24, 2.45) is 0 Å². The van der Waals surface area contributed by atoms with Crippen molar-refractivity contribution >= 4 is 28.9 Å². The number of rotatable bonds is 6. The van der Waals surface area contributed by atoms with Gasteiger partial charge in [0.15, 0.2) is 5.57 Å². The number of nitrogens with one attached hydrogen (secondary N) is 1. The van der Waals surface area contributed by atoms with E-state index in [1.165, 1.54) is 25.3 Å². The van der Waals surface area contributed by atoms with Crippen molar-refractivity contribution in [3.63, 3.8) is 0 Å². The lowest BCUT2D eigenvalue weighted by Crippen LogP contribution is -2.35. The van der Waals surface area contributed by atoms with E-state index in [1.807, 2.05) is 37.3 Å². The van der Waals surface area contributed by atoms with Crippen LogP contribution < -0.4 is 20.1 Å². The van der Waals surface area contributed by atoms with Gasteiger partial charge in [0.2, 0.25) is 0 Å². The van der Waals surface area contributed by atoms with Crippen molar-refractivity contribution in [3.05, 3.63) is 85.0 Å². The number of carbonyl (C=O) groups excluding carboxylic acids is 1. The van der Waals surface area contributed by atoms with E-state index in [4.69, 9.17) is 4.74 Å². The molecule has 8 heteroatoms. The number of methoxy groups -OCH3 is 1. The molecular weight excluding hydrogens is 417 g/mol. The van der Waals surface area contributed by atoms with E-state index in [0.29, 0.717) is 0 Å². The summed E-state index contributed by atoms with van der Waals surface area (Å²) in [6.45, 7) is 2.41. The summed E-state index contributed by atoms with van der Waals surface area (Å²) >= 11 is 0.966. The number of thiazole rings is 1. The number of aromatic nitrogens is 1. The Morgan fingerprint density at radius 2 is 1.97 bits per heavy atom. The SMILES string of the molecule is COCCNC(=O)/C(C#N)=c1\s/c(=C\c2ccc(C)cc2)c(=O)n1-c1ccccc1F. The van der Waals surface area contributed by atoms with Gasteiger partial charge in [0, 0.05) is 13.7 Å². The normalized spacial score (nSPS) is 12.4. The van der Waals surface area contributed by atoms with Crippen LogP contribution in [0.2, 0.25) is 0 Å². The number of ether oxygens (including phenoxy) is 1. The van der Waals surface area contributed by atoms with Crippen LogP contribution >= 0.6 is 11.3 Å². The largest absolute Gasteiger partial charge is 0.383 e. The summed E-state index contributed by atoms with van der Waals surface area (Å²) in [4.78, 5) is 25.8. The summed E-state index contributed by atoms with van der Waals surface area (Å²) in [6.07, 6.45) is 1.66.